The summed E-state index contributed by atoms with van der Waals surface area (Å²) in [6.07, 6.45) is 5.05. The van der Waals surface area contributed by atoms with Crippen LogP contribution < -0.4 is 4.74 Å². The lowest BCUT2D eigenvalue weighted by molar-refractivity contribution is 0.0730. The fourth-order valence-corrected chi connectivity index (χ4v) is 3.56. The van der Waals surface area contributed by atoms with E-state index in [1.165, 1.54) is 13.2 Å². The summed E-state index contributed by atoms with van der Waals surface area (Å²) >= 11 is 0. The first-order valence-electron chi connectivity index (χ1n) is 10.2. The van der Waals surface area contributed by atoms with E-state index < -0.39 is 5.82 Å². The first kappa shape index (κ1) is 20.9. The molecule has 4 rings (SSSR count). The highest BCUT2D eigenvalue weighted by atomic mass is 19.1. The van der Waals surface area contributed by atoms with E-state index in [1.54, 1.807) is 40.2 Å². The minimum absolute atomic E-state index is 0.101. The van der Waals surface area contributed by atoms with Crippen LogP contribution in [-0.4, -0.2) is 62.5 Å². The summed E-state index contributed by atoms with van der Waals surface area (Å²) < 4.78 is 20.7. The number of carbonyl (C=O) groups is 1. The molecule has 3 aromatic rings. The Morgan fingerprint density at radius 2 is 2.16 bits per heavy atom. The molecule has 2 heterocycles. The molecule has 0 aliphatic heterocycles. The zero-order valence-corrected chi connectivity index (χ0v) is 17.5. The normalized spacial score (nSPS) is 13.3. The number of carbonyl (C=O) groups excluding carboxylic acids is 1. The Bertz CT molecular complexity index is 1100. The van der Waals surface area contributed by atoms with Gasteiger partial charge in [-0.25, -0.2) is 19.0 Å². The van der Waals surface area contributed by atoms with Gasteiger partial charge in [0.25, 0.3) is 11.9 Å². The summed E-state index contributed by atoms with van der Waals surface area (Å²) in [6.45, 7) is 2.52. The first-order chi connectivity index (χ1) is 15.1. The number of methoxy groups -OCH3 is 1. The lowest BCUT2D eigenvalue weighted by Crippen LogP contribution is -2.33. The van der Waals surface area contributed by atoms with Gasteiger partial charge in [-0.2, -0.15) is 5.10 Å². The Labute approximate surface area is 179 Å². The Kier molecular flexibility index (Phi) is 5.94. The van der Waals surface area contributed by atoms with Gasteiger partial charge in [-0.05, 0) is 44.0 Å². The van der Waals surface area contributed by atoms with Gasteiger partial charge in [-0.15, -0.1) is 0 Å². The summed E-state index contributed by atoms with van der Waals surface area (Å²) in [5, 5.41) is 13.7. The zero-order valence-electron chi connectivity index (χ0n) is 17.5. The maximum Gasteiger partial charge on any atom is 0.257 e. The van der Waals surface area contributed by atoms with Crippen molar-refractivity contribution in [3.63, 3.8) is 0 Å². The van der Waals surface area contributed by atoms with E-state index in [2.05, 4.69) is 15.1 Å². The maximum atomic E-state index is 14.2. The van der Waals surface area contributed by atoms with Crippen molar-refractivity contribution in [2.75, 3.05) is 26.8 Å². The van der Waals surface area contributed by atoms with Crippen molar-refractivity contribution in [3.8, 4) is 23.0 Å². The molecule has 0 radical (unpaired) electrons. The highest BCUT2D eigenvalue weighted by Gasteiger charge is 2.34. The first-order valence-corrected chi connectivity index (χ1v) is 10.2. The van der Waals surface area contributed by atoms with Crippen molar-refractivity contribution >= 4 is 5.91 Å². The van der Waals surface area contributed by atoms with E-state index in [0.29, 0.717) is 29.3 Å². The molecule has 1 aliphatic carbocycles. The number of benzene rings is 1. The molecule has 0 spiro atoms. The second-order valence-electron chi connectivity index (χ2n) is 7.33. The molecule has 0 unspecified atom stereocenters. The average Bonchev–Trinajstić information content (AvgIpc) is 3.54. The van der Waals surface area contributed by atoms with E-state index in [4.69, 9.17) is 4.74 Å². The van der Waals surface area contributed by atoms with Crippen LogP contribution >= 0.6 is 0 Å². The number of ether oxygens (including phenoxy) is 1. The van der Waals surface area contributed by atoms with Crippen LogP contribution in [0.5, 0.6) is 5.75 Å². The predicted octanol–water partition coefficient (Wildman–Crippen LogP) is 2.81. The van der Waals surface area contributed by atoms with Crippen LogP contribution in [0.3, 0.4) is 0 Å². The van der Waals surface area contributed by atoms with E-state index in [-0.39, 0.29) is 30.7 Å². The lowest BCUT2D eigenvalue weighted by atomic mass is 10.1. The van der Waals surface area contributed by atoms with Gasteiger partial charge in [-0.3, -0.25) is 4.79 Å². The number of halogens is 1. The molecule has 1 aliphatic rings. The molecule has 1 amide bonds. The maximum absolute atomic E-state index is 14.2. The number of aromatic nitrogens is 4. The van der Waals surface area contributed by atoms with E-state index in [1.807, 2.05) is 6.92 Å². The minimum atomic E-state index is -0.477. The molecule has 1 saturated carbocycles. The number of aliphatic hydroxyl groups is 1. The second kappa shape index (κ2) is 8.81. The van der Waals surface area contributed by atoms with Crippen LogP contribution in [0.25, 0.3) is 17.2 Å². The van der Waals surface area contributed by atoms with Crippen molar-refractivity contribution in [1.82, 2.24) is 24.6 Å². The van der Waals surface area contributed by atoms with Crippen LogP contribution in [0.2, 0.25) is 0 Å². The van der Waals surface area contributed by atoms with Crippen molar-refractivity contribution in [3.05, 3.63) is 53.7 Å². The minimum Gasteiger partial charge on any atom is -0.494 e. The third kappa shape index (κ3) is 4.13. The van der Waals surface area contributed by atoms with Crippen molar-refractivity contribution < 1.29 is 19.0 Å². The molecule has 8 nitrogen and oxygen atoms in total. The number of aliphatic hydroxyl groups excluding tert-OH is 1. The van der Waals surface area contributed by atoms with Crippen molar-refractivity contribution in [1.29, 1.82) is 0 Å². The quantitative estimate of drug-likeness (QED) is 0.597. The van der Waals surface area contributed by atoms with Crippen molar-refractivity contribution in [2.45, 2.75) is 25.7 Å². The Hall–Kier alpha value is -3.33. The number of amides is 1. The highest BCUT2D eigenvalue weighted by molar-refractivity contribution is 5.95. The third-order valence-electron chi connectivity index (χ3n) is 5.32. The van der Waals surface area contributed by atoms with Crippen LogP contribution in [0.4, 0.5) is 4.39 Å². The summed E-state index contributed by atoms with van der Waals surface area (Å²) in [6, 6.07) is 6.32. The monoisotopic (exact) mass is 425 g/mol. The number of hydrogen-bond donors (Lipinski definition) is 1. The number of nitrogens with zero attached hydrogens (tertiary/aromatic N) is 5. The van der Waals surface area contributed by atoms with Gasteiger partial charge in [0, 0.05) is 30.8 Å². The standard InChI is InChI=1S/C22H24FN5O3/c1-3-27(10-11-29)21(30)16-13-25-28(20(16)14-4-5-14)22-24-9-8-18(26-22)15-6-7-19(31-2)17(23)12-15/h6-9,12-14,29H,3-5,10-11H2,1-2H3. The molecule has 0 saturated heterocycles. The van der Waals surface area contributed by atoms with Gasteiger partial charge in [0.05, 0.1) is 36.9 Å². The topological polar surface area (TPSA) is 93.4 Å². The molecule has 31 heavy (non-hydrogen) atoms. The van der Waals surface area contributed by atoms with Crippen LogP contribution in [0.15, 0.2) is 36.7 Å². The molecule has 0 bridgehead atoms. The fourth-order valence-electron chi connectivity index (χ4n) is 3.56. The van der Waals surface area contributed by atoms with Gasteiger partial charge in [0.2, 0.25) is 0 Å². The van der Waals surface area contributed by atoms with E-state index in [0.717, 1.165) is 18.5 Å². The van der Waals surface area contributed by atoms with E-state index >= 15 is 0 Å². The smallest absolute Gasteiger partial charge is 0.257 e. The van der Waals surface area contributed by atoms with Crippen molar-refractivity contribution in [2.24, 2.45) is 0 Å². The van der Waals surface area contributed by atoms with Crippen LogP contribution in [-0.2, 0) is 0 Å². The van der Waals surface area contributed by atoms with Gasteiger partial charge >= 0.3 is 0 Å². The summed E-state index contributed by atoms with van der Waals surface area (Å²) in [5.74, 6) is 0.0416. The molecular weight excluding hydrogens is 401 g/mol. The Balaban J connectivity index is 1.72. The second-order valence-corrected chi connectivity index (χ2v) is 7.33. The zero-order chi connectivity index (χ0) is 22.0. The molecule has 9 heteroatoms. The Morgan fingerprint density at radius 3 is 2.81 bits per heavy atom. The SMILES string of the molecule is CCN(CCO)C(=O)c1cnn(-c2nccc(-c3ccc(OC)c(F)c3)n2)c1C1CC1. The summed E-state index contributed by atoms with van der Waals surface area (Å²) in [4.78, 5) is 23.5. The molecule has 1 N–H and O–H groups in total. The Morgan fingerprint density at radius 1 is 1.35 bits per heavy atom. The molecular formula is C22H24FN5O3. The van der Waals surface area contributed by atoms with E-state index in [9.17, 15) is 14.3 Å². The van der Waals surface area contributed by atoms with Crippen LogP contribution in [0.1, 0.15) is 41.7 Å². The number of rotatable bonds is 8. The van der Waals surface area contributed by atoms with Gasteiger partial charge in [0.1, 0.15) is 0 Å². The largest absolute Gasteiger partial charge is 0.494 e. The molecule has 1 fully saturated rings. The molecule has 1 aromatic carbocycles. The summed E-state index contributed by atoms with van der Waals surface area (Å²) in [5.41, 5.74) is 2.40. The third-order valence-corrected chi connectivity index (χ3v) is 5.32. The average molecular weight is 425 g/mol. The van der Waals surface area contributed by atoms with Gasteiger partial charge in [-0.1, -0.05) is 0 Å². The predicted molar refractivity (Wildman–Crippen MR) is 112 cm³/mol. The fraction of sp³-hybridized carbons (Fsp3) is 0.364. The molecule has 162 valence electrons. The summed E-state index contributed by atoms with van der Waals surface area (Å²) in [7, 11) is 1.41. The van der Waals surface area contributed by atoms with Crippen LogP contribution in [0, 0.1) is 5.82 Å². The molecule has 2 aromatic heterocycles. The highest BCUT2D eigenvalue weighted by Crippen LogP contribution is 2.42. The van der Waals surface area contributed by atoms with Gasteiger partial charge in [0.15, 0.2) is 11.6 Å². The van der Waals surface area contributed by atoms with Gasteiger partial charge < -0.3 is 14.7 Å². The molecule has 0 atom stereocenters. The lowest BCUT2D eigenvalue weighted by Gasteiger charge is -2.19. The number of hydrogen-bond acceptors (Lipinski definition) is 6. The number of likely N-dealkylation sites (N-methyl/N-ethyl adjacent to an activating group) is 1.